The fraction of sp³-hybridized carbons (Fsp3) is 0.727. The molecule has 2 aliphatic rings. The first-order valence-electron chi connectivity index (χ1n) is 5.79. The average molecular weight is 238 g/mol. The van der Waals surface area contributed by atoms with Crippen LogP contribution < -0.4 is 0 Å². The molecule has 92 valence electrons. The normalized spacial score (nSPS) is 29.0. The Morgan fingerprint density at radius 3 is 2.88 bits per heavy atom. The Morgan fingerprint density at radius 2 is 2.35 bits per heavy atom. The molecule has 0 spiro atoms. The van der Waals surface area contributed by atoms with Crippen molar-refractivity contribution in [3.05, 3.63) is 11.7 Å². The molecule has 6 nitrogen and oxygen atoms in total. The molecule has 1 aromatic heterocycles. The molecule has 2 fully saturated rings. The van der Waals surface area contributed by atoms with Gasteiger partial charge >= 0.3 is 5.97 Å². The van der Waals surface area contributed by atoms with Crippen LogP contribution in [0.3, 0.4) is 0 Å². The highest BCUT2D eigenvalue weighted by atomic mass is 16.5. The average Bonchev–Trinajstić information content (AvgIpc) is 3.19. The van der Waals surface area contributed by atoms with Crippen LogP contribution in [-0.2, 0) is 9.53 Å². The minimum absolute atomic E-state index is 0.102. The number of rotatable bonds is 5. The van der Waals surface area contributed by atoms with Gasteiger partial charge in [-0.3, -0.25) is 4.79 Å². The number of carbonyl (C=O) groups is 1. The molecular formula is C11H14N2O4. The van der Waals surface area contributed by atoms with Crippen LogP contribution in [0.1, 0.15) is 43.0 Å². The second kappa shape index (κ2) is 3.80. The van der Waals surface area contributed by atoms with Gasteiger partial charge in [0.1, 0.15) is 6.10 Å². The van der Waals surface area contributed by atoms with E-state index in [1.807, 2.05) is 0 Å². The number of nitrogens with zero attached hydrogens (tertiary/aromatic N) is 2. The molecule has 0 aliphatic heterocycles. The summed E-state index contributed by atoms with van der Waals surface area (Å²) >= 11 is 0. The standard InChI is InChI=1S/C11H14N2O4/c1-16-8(5-2-3-5)9-12-10(17-13-9)6-4-7(6)11(14)15/h5-8H,2-4H2,1H3,(H,14,15). The molecule has 3 unspecified atom stereocenters. The number of aliphatic carboxylic acids is 1. The molecule has 0 aromatic carbocycles. The number of carboxylic acid groups (broad SMARTS) is 1. The lowest BCUT2D eigenvalue weighted by Crippen LogP contribution is -2.06. The van der Waals surface area contributed by atoms with E-state index in [0.29, 0.717) is 24.1 Å². The molecule has 0 bridgehead atoms. The lowest BCUT2D eigenvalue weighted by molar-refractivity contribution is -0.138. The lowest BCUT2D eigenvalue weighted by atomic mass is 10.2. The summed E-state index contributed by atoms with van der Waals surface area (Å²) in [6.07, 6.45) is 2.75. The number of hydrogen-bond donors (Lipinski definition) is 1. The first kappa shape index (κ1) is 10.7. The Kier molecular flexibility index (Phi) is 2.39. The molecule has 3 rings (SSSR count). The summed E-state index contributed by atoms with van der Waals surface area (Å²) in [5, 5.41) is 12.7. The second-order valence-corrected chi connectivity index (χ2v) is 4.77. The zero-order chi connectivity index (χ0) is 12.0. The fourth-order valence-corrected chi connectivity index (χ4v) is 2.16. The zero-order valence-corrected chi connectivity index (χ0v) is 9.50. The Labute approximate surface area is 98.0 Å². The van der Waals surface area contributed by atoms with Crippen LogP contribution >= 0.6 is 0 Å². The third-order valence-corrected chi connectivity index (χ3v) is 3.44. The van der Waals surface area contributed by atoms with Crippen LogP contribution in [0.4, 0.5) is 0 Å². The van der Waals surface area contributed by atoms with Crippen molar-refractivity contribution in [3.8, 4) is 0 Å². The number of ether oxygens (including phenoxy) is 1. The third-order valence-electron chi connectivity index (χ3n) is 3.44. The van der Waals surface area contributed by atoms with Crippen molar-refractivity contribution in [1.29, 1.82) is 0 Å². The molecule has 3 atom stereocenters. The van der Waals surface area contributed by atoms with Crippen LogP contribution in [-0.4, -0.2) is 28.3 Å². The van der Waals surface area contributed by atoms with Gasteiger partial charge in [0.2, 0.25) is 11.7 Å². The van der Waals surface area contributed by atoms with Gasteiger partial charge in [-0.25, -0.2) is 0 Å². The first-order chi connectivity index (χ1) is 8.20. The van der Waals surface area contributed by atoms with Gasteiger partial charge in [-0.15, -0.1) is 0 Å². The number of hydrogen-bond acceptors (Lipinski definition) is 5. The molecule has 1 heterocycles. The molecule has 2 aliphatic carbocycles. The fourth-order valence-electron chi connectivity index (χ4n) is 2.16. The number of carboxylic acids is 1. The maximum Gasteiger partial charge on any atom is 0.307 e. The van der Waals surface area contributed by atoms with Crippen molar-refractivity contribution in [2.75, 3.05) is 7.11 Å². The molecule has 0 saturated heterocycles. The topological polar surface area (TPSA) is 85.5 Å². The molecule has 2 saturated carbocycles. The summed E-state index contributed by atoms with van der Waals surface area (Å²) in [6, 6.07) is 0. The number of methoxy groups -OCH3 is 1. The Bertz CT molecular complexity index is 440. The molecule has 17 heavy (non-hydrogen) atoms. The van der Waals surface area contributed by atoms with Gasteiger partial charge in [0.15, 0.2) is 0 Å². The lowest BCUT2D eigenvalue weighted by Gasteiger charge is -2.08. The summed E-state index contributed by atoms with van der Waals surface area (Å²) in [4.78, 5) is 15.0. The van der Waals surface area contributed by atoms with E-state index in [9.17, 15) is 4.79 Å². The van der Waals surface area contributed by atoms with E-state index in [1.54, 1.807) is 7.11 Å². The van der Waals surface area contributed by atoms with E-state index in [4.69, 9.17) is 14.4 Å². The van der Waals surface area contributed by atoms with Crippen molar-refractivity contribution in [1.82, 2.24) is 10.1 Å². The van der Waals surface area contributed by atoms with Gasteiger partial charge in [-0.2, -0.15) is 4.98 Å². The van der Waals surface area contributed by atoms with Crippen molar-refractivity contribution < 1.29 is 19.2 Å². The molecule has 1 aromatic rings. The zero-order valence-electron chi connectivity index (χ0n) is 9.50. The van der Waals surface area contributed by atoms with Gasteiger partial charge in [0.25, 0.3) is 0 Å². The Morgan fingerprint density at radius 1 is 1.59 bits per heavy atom. The van der Waals surface area contributed by atoms with E-state index >= 15 is 0 Å². The predicted molar refractivity (Wildman–Crippen MR) is 55.3 cm³/mol. The number of aromatic nitrogens is 2. The minimum atomic E-state index is -0.791. The highest BCUT2D eigenvalue weighted by Crippen LogP contribution is 2.48. The van der Waals surface area contributed by atoms with Crippen molar-refractivity contribution in [3.63, 3.8) is 0 Å². The van der Waals surface area contributed by atoms with E-state index in [-0.39, 0.29) is 17.9 Å². The van der Waals surface area contributed by atoms with Crippen molar-refractivity contribution >= 4 is 5.97 Å². The molecular weight excluding hydrogens is 224 g/mol. The SMILES string of the molecule is COC(c1noc(C2CC2C(=O)O)n1)C1CC1. The monoisotopic (exact) mass is 238 g/mol. The molecule has 1 N–H and O–H groups in total. The molecule has 0 amide bonds. The van der Waals surface area contributed by atoms with Crippen LogP contribution in [0, 0.1) is 11.8 Å². The van der Waals surface area contributed by atoms with Crippen molar-refractivity contribution in [2.24, 2.45) is 11.8 Å². The van der Waals surface area contributed by atoms with E-state index in [0.717, 1.165) is 12.8 Å². The van der Waals surface area contributed by atoms with Crippen LogP contribution in [0.2, 0.25) is 0 Å². The summed E-state index contributed by atoms with van der Waals surface area (Å²) in [6.45, 7) is 0. The van der Waals surface area contributed by atoms with Gasteiger partial charge in [-0.05, 0) is 25.2 Å². The molecule has 0 radical (unpaired) electrons. The largest absolute Gasteiger partial charge is 0.481 e. The highest BCUT2D eigenvalue weighted by Gasteiger charge is 2.48. The predicted octanol–water partition coefficient (Wildman–Crippen LogP) is 1.36. The third kappa shape index (κ3) is 1.93. The first-order valence-corrected chi connectivity index (χ1v) is 5.79. The van der Waals surface area contributed by atoms with Crippen LogP contribution in [0.15, 0.2) is 4.52 Å². The minimum Gasteiger partial charge on any atom is -0.481 e. The summed E-state index contributed by atoms with van der Waals surface area (Å²) in [5.74, 6) is 0.229. The summed E-state index contributed by atoms with van der Waals surface area (Å²) in [7, 11) is 1.64. The Hall–Kier alpha value is -1.43. The quantitative estimate of drug-likeness (QED) is 0.833. The summed E-state index contributed by atoms with van der Waals surface area (Å²) in [5.41, 5.74) is 0. The van der Waals surface area contributed by atoms with E-state index < -0.39 is 5.97 Å². The van der Waals surface area contributed by atoms with Gasteiger partial charge in [0.05, 0.1) is 11.8 Å². The van der Waals surface area contributed by atoms with E-state index in [1.165, 1.54) is 0 Å². The van der Waals surface area contributed by atoms with E-state index in [2.05, 4.69) is 10.1 Å². The highest BCUT2D eigenvalue weighted by molar-refractivity contribution is 5.74. The van der Waals surface area contributed by atoms with Crippen LogP contribution in [0.25, 0.3) is 0 Å². The Balaban J connectivity index is 1.72. The van der Waals surface area contributed by atoms with Gasteiger partial charge in [-0.1, -0.05) is 5.16 Å². The van der Waals surface area contributed by atoms with Crippen LogP contribution in [0.5, 0.6) is 0 Å². The summed E-state index contributed by atoms with van der Waals surface area (Å²) < 4.78 is 10.5. The van der Waals surface area contributed by atoms with Gasteiger partial charge < -0.3 is 14.4 Å². The maximum atomic E-state index is 10.7. The second-order valence-electron chi connectivity index (χ2n) is 4.77. The van der Waals surface area contributed by atoms with Crippen molar-refractivity contribution in [2.45, 2.75) is 31.3 Å². The molecule has 6 heteroatoms. The maximum absolute atomic E-state index is 10.7. The smallest absolute Gasteiger partial charge is 0.307 e. The van der Waals surface area contributed by atoms with Gasteiger partial charge in [0, 0.05) is 7.11 Å².